The molecule has 0 bridgehead atoms. The Morgan fingerprint density at radius 2 is 1.80 bits per heavy atom. The first kappa shape index (κ1) is 13.2. The maximum absolute atomic E-state index is 11.0. The van der Waals surface area contributed by atoms with E-state index >= 15 is 0 Å². The lowest BCUT2D eigenvalue weighted by Crippen LogP contribution is -2.37. The van der Waals surface area contributed by atoms with E-state index in [0.29, 0.717) is 0 Å². The van der Waals surface area contributed by atoms with Gasteiger partial charge in [0.25, 0.3) is 0 Å². The van der Waals surface area contributed by atoms with Crippen molar-refractivity contribution in [1.82, 2.24) is 5.32 Å². The molecule has 0 aliphatic heterocycles. The van der Waals surface area contributed by atoms with Crippen LogP contribution in [-0.2, 0) is 19.1 Å². The molecule has 0 aromatic heterocycles. The first-order valence-electron chi connectivity index (χ1n) is 4.18. The average molecular weight is 215 g/mol. The third-order valence-electron chi connectivity index (χ3n) is 1.19. The van der Waals surface area contributed by atoms with Crippen LogP contribution in [0, 0.1) is 0 Å². The minimum absolute atomic E-state index is 0.212. The van der Waals surface area contributed by atoms with Crippen molar-refractivity contribution in [1.29, 1.82) is 0 Å². The lowest BCUT2D eigenvalue weighted by atomic mass is 10.4. The van der Waals surface area contributed by atoms with Crippen LogP contribution in [-0.4, -0.2) is 24.3 Å². The van der Waals surface area contributed by atoms with Crippen molar-refractivity contribution in [3.05, 3.63) is 12.2 Å². The van der Waals surface area contributed by atoms with E-state index in [0.717, 1.165) is 6.92 Å². The van der Waals surface area contributed by atoms with Crippen LogP contribution in [0.4, 0.5) is 4.79 Å². The quantitative estimate of drug-likeness (QED) is 0.325. The van der Waals surface area contributed by atoms with Crippen molar-refractivity contribution in [2.75, 3.05) is 0 Å². The van der Waals surface area contributed by atoms with E-state index in [-0.39, 0.29) is 5.57 Å². The summed E-state index contributed by atoms with van der Waals surface area (Å²) < 4.78 is 8.86. The molecule has 0 aromatic rings. The van der Waals surface area contributed by atoms with Crippen LogP contribution in [0.2, 0.25) is 0 Å². The van der Waals surface area contributed by atoms with Crippen LogP contribution >= 0.6 is 0 Å². The second-order valence-electron chi connectivity index (χ2n) is 2.85. The van der Waals surface area contributed by atoms with Crippen molar-refractivity contribution in [3.8, 4) is 0 Å². The van der Waals surface area contributed by atoms with Crippen molar-refractivity contribution in [3.63, 3.8) is 0 Å². The monoisotopic (exact) mass is 215 g/mol. The molecule has 1 atom stereocenters. The molecule has 0 saturated carbocycles. The normalized spacial score (nSPS) is 11.1. The number of rotatable bonds is 3. The van der Waals surface area contributed by atoms with Gasteiger partial charge in [0.1, 0.15) is 0 Å². The fourth-order valence-electron chi connectivity index (χ4n) is 0.617. The maximum atomic E-state index is 11.0. The summed E-state index contributed by atoms with van der Waals surface area (Å²) in [6, 6.07) is 0. The summed E-state index contributed by atoms with van der Waals surface area (Å²) in [4.78, 5) is 32.2. The number of ether oxygens (including phenoxy) is 2. The number of nitrogens with one attached hydrogen (secondary N) is 1. The summed E-state index contributed by atoms with van der Waals surface area (Å²) in [7, 11) is 0. The Labute approximate surface area is 87.2 Å². The molecular formula is C9H13NO5. The van der Waals surface area contributed by atoms with E-state index in [1.54, 1.807) is 0 Å². The fraction of sp³-hybridized carbons (Fsp3) is 0.444. The second-order valence-corrected chi connectivity index (χ2v) is 2.85. The fourth-order valence-corrected chi connectivity index (χ4v) is 0.617. The number of esters is 2. The van der Waals surface area contributed by atoms with E-state index in [4.69, 9.17) is 4.74 Å². The average Bonchev–Trinajstić information content (AvgIpc) is 2.00. The van der Waals surface area contributed by atoms with Crippen molar-refractivity contribution in [2.24, 2.45) is 0 Å². The van der Waals surface area contributed by atoms with Gasteiger partial charge < -0.3 is 9.47 Å². The summed E-state index contributed by atoms with van der Waals surface area (Å²) in [5.41, 5.74) is 0.212. The molecule has 84 valence electrons. The largest absolute Gasteiger partial charge is 0.439 e. The van der Waals surface area contributed by atoms with Gasteiger partial charge in [-0.1, -0.05) is 6.58 Å². The maximum Gasteiger partial charge on any atom is 0.417 e. The van der Waals surface area contributed by atoms with Crippen LogP contribution in [0.3, 0.4) is 0 Å². The Hall–Kier alpha value is -1.85. The molecular weight excluding hydrogens is 202 g/mol. The number of carbonyl (C=O) groups excluding carboxylic acids is 3. The van der Waals surface area contributed by atoms with Crippen LogP contribution in [0.1, 0.15) is 20.8 Å². The predicted molar refractivity (Wildman–Crippen MR) is 50.7 cm³/mol. The molecule has 0 saturated heterocycles. The third kappa shape index (κ3) is 6.25. The van der Waals surface area contributed by atoms with Crippen LogP contribution in [0.25, 0.3) is 0 Å². The van der Waals surface area contributed by atoms with Crippen LogP contribution < -0.4 is 5.32 Å². The van der Waals surface area contributed by atoms with Crippen molar-refractivity contribution < 1.29 is 23.9 Å². The van der Waals surface area contributed by atoms with Crippen LogP contribution in [0.15, 0.2) is 12.2 Å². The van der Waals surface area contributed by atoms with Gasteiger partial charge in [-0.15, -0.1) is 0 Å². The lowest BCUT2D eigenvalue weighted by molar-refractivity contribution is -0.144. The number of hydrogen-bond donors (Lipinski definition) is 1. The molecule has 0 heterocycles. The zero-order chi connectivity index (χ0) is 12.0. The van der Waals surface area contributed by atoms with E-state index < -0.39 is 24.3 Å². The summed E-state index contributed by atoms with van der Waals surface area (Å²) >= 11 is 0. The highest BCUT2D eigenvalue weighted by molar-refractivity contribution is 5.87. The minimum Gasteiger partial charge on any atom is -0.439 e. The SMILES string of the molecule is C=C(C)C(=O)OC(C)NC(=O)OC(C)=O. The number of alkyl carbamates (subject to hydrolysis) is 1. The second kappa shape index (κ2) is 5.79. The first-order valence-corrected chi connectivity index (χ1v) is 4.18. The summed E-state index contributed by atoms with van der Waals surface area (Å²) in [5, 5.41) is 2.13. The van der Waals surface area contributed by atoms with E-state index in [9.17, 15) is 14.4 Å². The molecule has 6 nitrogen and oxygen atoms in total. The Kier molecular flexibility index (Phi) is 5.08. The Morgan fingerprint density at radius 3 is 2.20 bits per heavy atom. The Bertz CT molecular complexity index is 297. The molecule has 0 rings (SSSR count). The molecule has 0 spiro atoms. The van der Waals surface area contributed by atoms with Gasteiger partial charge in [-0.2, -0.15) is 0 Å². The van der Waals surface area contributed by atoms with Gasteiger partial charge >= 0.3 is 18.0 Å². The minimum atomic E-state index is -0.968. The molecule has 0 aromatic carbocycles. The Morgan fingerprint density at radius 1 is 1.27 bits per heavy atom. The summed E-state index contributed by atoms with van der Waals surface area (Å²) in [6.07, 6.45) is -1.86. The molecule has 1 N–H and O–H groups in total. The molecule has 6 heteroatoms. The predicted octanol–water partition coefficient (Wildman–Crippen LogP) is 0.724. The zero-order valence-corrected chi connectivity index (χ0v) is 8.83. The smallest absolute Gasteiger partial charge is 0.417 e. The van der Waals surface area contributed by atoms with Crippen molar-refractivity contribution in [2.45, 2.75) is 27.0 Å². The zero-order valence-electron chi connectivity index (χ0n) is 8.83. The van der Waals surface area contributed by atoms with Gasteiger partial charge in [-0.3, -0.25) is 10.1 Å². The van der Waals surface area contributed by atoms with Gasteiger partial charge in [-0.25, -0.2) is 9.59 Å². The van der Waals surface area contributed by atoms with Gasteiger partial charge in [0.2, 0.25) is 0 Å². The van der Waals surface area contributed by atoms with E-state index in [1.165, 1.54) is 13.8 Å². The highest BCUT2D eigenvalue weighted by atomic mass is 16.6. The summed E-state index contributed by atoms with van der Waals surface area (Å²) in [5.74, 6) is -1.38. The van der Waals surface area contributed by atoms with Gasteiger partial charge in [0.15, 0.2) is 6.23 Å². The number of amides is 1. The molecule has 0 radical (unpaired) electrons. The van der Waals surface area contributed by atoms with Crippen LogP contribution in [0.5, 0.6) is 0 Å². The van der Waals surface area contributed by atoms with Gasteiger partial charge in [0, 0.05) is 12.5 Å². The topological polar surface area (TPSA) is 81.7 Å². The molecule has 15 heavy (non-hydrogen) atoms. The molecule has 0 fully saturated rings. The Balaban J connectivity index is 3.98. The van der Waals surface area contributed by atoms with Gasteiger partial charge in [0.05, 0.1) is 0 Å². The van der Waals surface area contributed by atoms with E-state index in [2.05, 4.69) is 16.6 Å². The highest BCUT2D eigenvalue weighted by Crippen LogP contribution is 1.96. The number of carbonyl (C=O) groups is 3. The third-order valence-corrected chi connectivity index (χ3v) is 1.19. The molecule has 0 aliphatic carbocycles. The van der Waals surface area contributed by atoms with E-state index in [1.807, 2.05) is 0 Å². The van der Waals surface area contributed by atoms with Gasteiger partial charge in [-0.05, 0) is 13.8 Å². The highest BCUT2D eigenvalue weighted by Gasteiger charge is 2.14. The first-order chi connectivity index (χ1) is 6.82. The molecule has 1 unspecified atom stereocenters. The van der Waals surface area contributed by atoms with Crippen molar-refractivity contribution >= 4 is 18.0 Å². The number of hydrogen-bond acceptors (Lipinski definition) is 5. The lowest BCUT2D eigenvalue weighted by Gasteiger charge is -2.13. The summed E-state index contributed by atoms with van der Waals surface area (Å²) in [6.45, 7) is 7.34. The molecule has 0 aliphatic rings. The standard InChI is InChI=1S/C9H13NO5/c1-5(2)8(12)14-6(3)10-9(13)15-7(4)11/h6H,1H2,2-4H3,(H,10,13). The molecule has 1 amide bonds.